The first-order valence-corrected chi connectivity index (χ1v) is 11.4. The quantitative estimate of drug-likeness (QED) is 0.255. The Hall–Kier alpha value is -4.61. The molecule has 0 bridgehead atoms. The molecule has 0 radical (unpaired) electrons. The van der Waals surface area contributed by atoms with E-state index < -0.39 is 0 Å². The number of fused-ring (bicyclic) bond motifs is 2. The van der Waals surface area contributed by atoms with Crippen LogP contribution in [0.3, 0.4) is 0 Å². The average molecular weight is 524 g/mol. The molecule has 7 nitrogen and oxygen atoms in total. The van der Waals surface area contributed by atoms with E-state index in [0.29, 0.717) is 17.1 Å². The topological polar surface area (TPSA) is 128 Å². The van der Waals surface area contributed by atoms with E-state index in [2.05, 4.69) is 38.0 Å². The first kappa shape index (κ1) is 22.2. The molecular formula is C27H18BrN5O2. The normalized spacial score (nSPS) is 10.6. The van der Waals surface area contributed by atoms with Crippen LogP contribution < -0.4 is 11.5 Å². The summed E-state index contributed by atoms with van der Waals surface area (Å²) in [6, 6.07) is 25.9. The number of anilines is 2. The monoisotopic (exact) mass is 523 g/mol. The van der Waals surface area contributed by atoms with Gasteiger partial charge in [-0.3, -0.25) is 0 Å². The van der Waals surface area contributed by atoms with Gasteiger partial charge in [0.05, 0.1) is 24.0 Å². The van der Waals surface area contributed by atoms with Crippen LogP contribution in [-0.2, 0) is 0 Å². The minimum Gasteiger partial charge on any atom is -0.424 e. The molecular weight excluding hydrogens is 506 g/mol. The van der Waals surface area contributed by atoms with Gasteiger partial charge in [-0.2, -0.15) is 5.26 Å². The highest BCUT2D eigenvalue weighted by molar-refractivity contribution is 9.10. The SMILES string of the molecule is N#Cc1cccc2c(-c3cnc(N)o3)cccc12.Nc1ncc(-c2cccc3c(Br)cccc23)o1. The standard InChI is InChI=1S/C14H9N3O.C13H9BrN2O/c15-7-9-3-1-5-11-10(9)4-2-6-12(11)13-8-17-14(16)18-13;14-11-6-2-3-8-9(11)4-1-5-10(8)12-7-16-13(15)17-12/h1-6,8H,(H2,16,17);1-7H,(H2,15,16). The van der Waals surface area contributed by atoms with Gasteiger partial charge in [-0.05, 0) is 28.3 Å². The van der Waals surface area contributed by atoms with Crippen molar-refractivity contribution < 1.29 is 8.83 Å². The average Bonchev–Trinajstić information content (AvgIpc) is 3.51. The Bertz CT molecular complexity index is 1710. The highest BCUT2D eigenvalue weighted by atomic mass is 79.9. The molecule has 35 heavy (non-hydrogen) atoms. The predicted octanol–water partition coefficient (Wildman–Crippen LogP) is 6.79. The lowest BCUT2D eigenvalue weighted by Gasteiger charge is -2.04. The van der Waals surface area contributed by atoms with Gasteiger partial charge >= 0.3 is 0 Å². The van der Waals surface area contributed by atoms with E-state index in [-0.39, 0.29) is 12.0 Å². The highest BCUT2D eigenvalue weighted by Crippen LogP contribution is 2.33. The van der Waals surface area contributed by atoms with Crippen molar-refractivity contribution in [3.05, 3.63) is 95.2 Å². The number of nitrogens with zero attached hydrogens (tertiary/aromatic N) is 3. The van der Waals surface area contributed by atoms with E-state index in [1.807, 2.05) is 60.7 Å². The molecule has 0 atom stereocenters. The Morgan fingerprint density at radius 2 is 1.14 bits per heavy atom. The molecule has 4 aromatic carbocycles. The molecule has 0 spiro atoms. The van der Waals surface area contributed by atoms with Crippen molar-refractivity contribution in [1.82, 2.24) is 9.97 Å². The predicted molar refractivity (Wildman–Crippen MR) is 140 cm³/mol. The van der Waals surface area contributed by atoms with Crippen molar-refractivity contribution in [2.24, 2.45) is 0 Å². The summed E-state index contributed by atoms with van der Waals surface area (Å²) in [5.41, 5.74) is 13.5. The molecule has 0 unspecified atom stereocenters. The molecule has 0 aliphatic heterocycles. The fourth-order valence-corrected chi connectivity index (χ4v) is 4.43. The maximum absolute atomic E-state index is 9.10. The third kappa shape index (κ3) is 4.33. The number of oxazole rings is 2. The van der Waals surface area contributed by atoms with Gasteiger partial charge in [0.2, 0.25) is 0 Å². The largest absolute Gasteiger partial charge is 0.424 e. The molecule has 170 valence electrons. The summed E-state index contributed by atoms with van der Waals surface area (Å²) in [5.74, 6) is 1.29. The van der Waals surface area contributed by atoms with Gasteiger partial charge in [-0.1, -0.05) is 76.6 Å². The second-order valence-corrected chi connectivity index (χ2v) is 8.44. The summed E-state index contributed by atoms with van der Waals surface area (Å²) in [6.45, 7) is 0. The van der Waals surface area contributed by atoms with E-state index in [0.717, 1.165) is 37.1 Å². The number of nitrogen functional groups attached to an aromatic ring is 2. The number of nitrogens with two attached hydrogens (primary N) is 2. The molecule has 2 aromatic heterocycles. The number of hydrogen-bond donors (Lipinski definition) is 2. The van der Waals surface area contributed by atoms with Crippen LogP contribution in [0.1, 0.15) is 5.56 Å². The molecule has 6 aromatic rings. The Labute approximate surface area is 208 Å². The molecule has 4 N–H and O–H groups in total. The number of halogens is 1. The Balaban J connectivity index is 0.000000145. The lowest BCUT2D eigenvalue weighted by atomic mass is 10.00. The zero-order chi connectivity index (χ0) is 24.4. The molecule has 0 amide bonds. The van der Waals surface area contributed by atoms with Crippen molar-refractivity contribution in [3.63, 3.8) is 0 Å². The summed E-state index contributed by atoms with van der Waals surface area (Å²) in [6.07, 6.45) is 3.23. The zero-order valence-corrected chi connectivity index (χ0v) is 19.9. The van der Waals surface area contributed by atoms with Crippen LogP contribution in [0.15, 0.2) is 98.5 Å². The molecule has 0 saturated carbocycles. The molecule has 0 aliphatic rings. The van der Waals surface area contributed by atoms with E-state index in [1.54, 1.807) is 18.5 Å². The van der Waals surface area contributed by atoms with Crippen molar-refractivity contribution in [1.29, 1.82) is 5.26 Å². The van der Waals surface area contributed by atoms with Crippen molar-refractivity contribution in [3.8, 4) is 28.7 Å². The minimum atomic E-state index is 0.137. The van der Waals surface area contributed by atoms with Crippen LogP contribution >= 0.6 is 15.9 Å². The van der Waals surface area contributed by atoms with Gasteiger partial charge in [0, 0.05) is 21.0 Å². The summed E-state index contributed by atoms with van der Waals surface area (Å²) in [5, 5.41) is 13.2. The summed E-state index contributed by atoms with van der Waals surface area (Å²) < 4.78 is 11.8. The summed E-state index contributed by atoms with van der Waals surface area (Å²) in [7, 11) is 0. The van der Waals surface area contributed by atoms with Crippen LogP contribution in [0.25, 0.3) is 44.2 Å². The second-order valence-electron chi connectivity index (χ2n) is 7.58. The second kappa shape index (κ2) is 9.33. The molecule has 2 heterocycles. The van der Waals surface area contributed by atoms with E-state index >= 15 is 0 Å². The van der Waals surface area contributed by atoms with Crippen LogP contribution in [0.2, 0.25) is 0 Å². The van der Waals surface area contributed by atoms with E-state index in [9.17, 15) is 0 Å². The summed E-state index contributed by atoms with van der Waals surface area (Å²) >= 11 is 3.54. The number of nitriles is 1. The molecule has 6 rings (SSSR count). The van der Waals surface area contributed by atoms with Crippen LogP contribution in [0.4, 0.5) is 12.0 Å². The molecule has 0 aliphatic carbocycles. The number of hydrogen-bond acceptors (Lipinski definition) is 7. The van der Waals surface area contributed by atoms with Gasteiger partial charge in [-0.25, -0.2) is 9.97 Å². The van der Waals surface area contributed by atoms with Crippen LogP contribution in [0.5, 0.6) is 0 Å². The fraction of sp³-hybridized carbons (Fsp3) is 0. The fourth-order valence-electron chi connectivity index (χ4n) is 3.93. The highest BCUT2D eigenvalue weighted by Gasteiger charge is 2.11. The van der Waals surface area contributed by atoms with E-state index in [4.69, 9.17) is 25.6 Å². The number of rotatable bonds is 2. The maximum atomic E-state index is 9.10. The van der Waals surface area contributed by atoms with E-state index in [1.165, 1.54) is 0 Å². The third-order valence-corrected chi connectivity index (χ3v) is 6.18. The lowest BCUT2D eigenvalue weighted by molar-refractivity contribution is 0.595. The van der Waals surface area contributed by atoms with Gasteiger partial charge in [-0.15, -0.1) is 0 Å². The van der Waals surface area contributed by atoms with Crippen molar-refractivity contribution in [2.45, 2.75) is 0 Å². The molecule has 8 heteroatoms. The number of aromatic nitrogens is 2. The first-order chi connectivity index (χ1) is 17.0. The van der Waals surface area contributed by atoms with Crippen molar-refractivity contribution >= 4 is 49.5 Å². The van der Waals surface area contributed by atoms with Gasteiger partial charge < -0.3 is 20.3 Å². The zero-order valence-electron chi connectivity index (χ0n) is 18.3. The Morgan fingerprint density at radius 3 is 1.69 bits per heavy atom. The van der Waals surface area contributed by atoms with Gasteiger partial charge in [0.15, 0.2) is 11.5 Å². The third-order valence-electron chi connectivity index (χ3n) is 5.49. The van der Waals surface area contributed by atoms with Gasteiger partial charge in [0.1, 0.15) is 0 Å². The summed E-state index contributed by atoms with van der Waals surface area (Å²) in [4.78, 5) is 7.81. The van der Waals surface area contributed by atoms with Gasteiger partial charge in [0.25, 0.3) is 12.0 Å². The van der Waals surface area contributed by atoms with Crippen LogP contribution in [0, 0.1) is 11.3 Å². The molecule has 0 saturated heterocycles. The lowest BCUT2D eigenvalue weighted by Crippen LogP contribution is -1.83. The Morgan fingerprint density at radius 1 is 0.657 bits per heavy atom. The maximum Gasteiger partial charge on any atom is 0.292 e. The minimum absolute atomic E-state index is 0.137. The molecule has 0 fully saturated rings. The van der Waals surface area contributed by atoms with Crippen molar-refractivity contribution in [2.75, 3.05) is 11.5 Å². The first-order valence-electron chi connectivity index (χ1n) is 10.6. The smallest absolute Gasteiger partial charge is 0.292 e. The van der Waals surface area contributed by atoms with Crippen LogP contribution in [-0.4, -0.2) is 9.97 Å². The Kier molecular flexibility index (Phi) is 5.92. The number of benzene rings is 4.